The molecule has 0 aliphatic carbocycles. The highest BCUT2D eigenvalue weighted by atomic mass is 19.2. The van der Waals surface area contributed by atoms with Crippen LogP contribution in [-0.2, 0) is 5.54 Å². The monoisotopic (exact) mass is 239 g/mol. The summed E-state index contributed by atoms with van der Waals surface area (Å²) < 4.78 is 30.7. The quantitative estimate of drug-likeness (QED) is 0.872. The molecule has 6 heteroatoms. The van der Waals surface area contributed by atoms with Gasteiger partial charge in [-0.05, 0) is 32.0 Å². The number of hydrogen-bond donors (Lipinski definition) is 1. The van der Waals surface area contributed by atoms with E-state index in [1.807, 2.05) is 0 Å². The number of hydrogen-bond acceptors (Lipinski definition) is 4. The number of halogens is 2. The summed E-state index contributed by atoms with van der Waals surface area (Å²) in [5, 5.41) is 3.69. The lowest BCUT2D eigenvalue weighted by Crippen LogP contribution is -2.30. The molecule has 0 fully saturated rings. The molecule has 2 rings (SSSR count). The van der Waals surface area contributed by atoms with Gasteiger partial charge in [-0.3, -0.25) is 0 Å². The second-order valence-corrected chi connectivity index (χ2v) is 4.27. The van der Waals surface area contributed by atoms with Gasteiger partial charge >= 0.3 is 0 Å². The maximum Gasteiger partial charge on any atom is 0.258 e. The number of benzene rings is 1. The van der Waals surface area contributed by atoms with Crippen molar-refractivity contribution in [3.8, 4) is 11.5 Å². The van der Waals surface area contributed by atoms with Gasteiger partial charge in [-0.1, -0.05) is 5.16 Å². The lowest BCUT2D eigenvalue weighted by atomic mass is 10.1. The number of nitrogens with zero attached hydrogens (tertiary/aromatic N) is 2. The van der Waals surface area contributed by atoms with Gasteiger partial charge in [-0.25, -0.2) is 8.78 Å². The van der Waals surface area contributed by atoms with E-state index >= 15 is 0 Å². The van der Waals surface area contributed by atoms with Crippen LogP contribution in [0, 0.1) is 11.6 Å². The van der Waals surface area contributed by atoms with Crippen LogP contribution in [0.3, 0.4) is 0 Å². The van der Waals surface area contributed by atoms with Crippen LogP contribution >= 0.6 is 0 Å². The molecule has 0 amide bonds. The van der Waals surface area contributed by atoms with Crippen LogP contribution in [0.15, 0.2) is 22.7 Å². The Morgan fingerprint density at radius 2 is 1.94 bits per heavy atom. The molecular formula is C11H11F2N3O. The molecule has 1 aromatic heterocycles. The Morgan fingerprint density at radius 1 is 1.24 bits per heavy atom. The Bertz CT molecular complexity index is 546. The molecule has 0 aliphatic heterocycles. The fraction of sp³-hybridized carbons (Fsp3) is 0.273. The molecule has 0 aliphatic rings. The predicted octanol–water partition coefficient (Wildman–Crippen LogP) is 2.21. The van der Waals surface area contributed by atoms with E-state index < -0.39 is 17.2 Å². The first-order valence-electron chi connectivity index (χ1n) is 4.96. The third kappa shape index (κ3) is 2.31. The van der Waals surface area contributed by atoms with Gasteiger partial charge in [0.05, 0.1) is 5.54 Å². The highest BCUT2D eigenvalue weighted by Gasteiger charge is 2.22. The molecule has 0 unspecified atom stereocenters. The fourth-order valence-corrected chi connectivity index (χ4v) is 1.23. The molecular weight excluding hydrogens is 228 g/mol. The maximum atomic E-state index is 13.0. The topological polar surface area (TPSA) is 64.9 Å². The molecule has 0 saturated heterocycles. The second-order valence-electron chi connectivity index (χ2n) is 4.27. The van der Waals surface area contributed by atoms with Crippen LogP contribution in [0.25, 0.3) is 11.5 Å². The predicted molar refractivity (Wildman–Crippen MR) is 56.9 cm³/mol. The van der Waals surface area contributed by atoms with Gasteiger partial charge < -0.3 is 10.3 Å². The van der Waals surface area contributed by atoms with E-state index in [2.05, 4.69) is 10.1 Å². The van der Waals surface area contributed by atoms with Crippen LogP contribution in [0.2, 0.25) is 0 Å². The van der Waals surface area contributed by atoms with E-state index in [0.717, 1.165) is 12.1 Å². The van der Waals surface area contributed by atoms with Crippen LogP contribution in [-0.4, -0.2) is 10.1 Å². The molecule has 0 saturated carbocycles. The molecule has 1 aromatic carbocycles. The second kappa shape index (κ2) is 3.89. The average Bonchev–Trinajstić information content (AvgIpc) is 2.70. The smallest absolute Gasteiger partial charge is 0.258 e. The summed E-state index contributed by atoms with van der Waals surface area (Å²) in [6.07, 6.45) is 0. The third-order valence-electron chi connectivity index (χ3n) is 2.17. The highest BCUT2D eigenvalue weighted by Crippen LogP contribution is 2.22. The summed E-state index contributed by atoms with van der Waals surface area (Å²) in [6, 6.07) is 3.36. The Kier molecular flexibility index (Phi) is 2.66. The summed E-state index contributed by atoms with van der Waals surface area (Å²) in [5.41, 5.74) is 5.35. The van der Waals surface area contributed by atoms with Crippen molar-refractivity contribution in [1.29, 1.82) is 0 Å². The van der Waals surface area contributed by atoms with Crippen LogP contribution < -0.4 is 5.73 Å². The van der Waals surface area contributed by atoms with Crippen molar-refractivity contribution in [3.05, 3.63) is 35.7 Å². The third-order valence-corrected chi connectivity index (χ3v) is 2.17. The molecule has 2 N–H and O–H groups in total. The normalized spacial score (nSPS) is 11.8. The van der Waals surface area contributed by atoms with Crippen molar-refractivity contribution in [2.24, 2.45) is 5.73 Å². The van der Waals surface area contributed by atoms with Gasteiger partial charge in [-0.15, -0.1) is 0 Å². The van der Waals surface area contributed by atoms with Crippen LogP contribution in [0.5, 0.6) is 0 Å². The minimum Gasteiger partial charge on any atom is -0.334 e. The van der Waals surface area contributed by atoms with E-state index in [1.165, 1.54) is 6.07 Å². The average molecular weight is 239 g/mol. The number of aromatic nitrogens is 2. The summed E-state index contributed by atoms with van der Waals surface area (Å²) in [4.78, 5) is 4.03. The fourth-order valence-electron chi connectivity index (χ4n) is 1.23. The van der Waals surface area contributed by atoms with Crippen LogP contribution in [0.4, 0.5) is 8.78 Å². The zero-order chi connectivity index (χ0) is 12.6. The van der Waals surface area contributed by atoms with Gasteiger partial charge in [-0.2, -0.15) is 4.98 Å². The van der Waals surface area contributed by atoms with Crippen LogP contribution in [0.1, 0.15) is 19.7 Å². The zero-order valence-corrected chi connectivity index (χ0v) is 9.37. The molecule has 17 heavy (non-hydrogen) atoms. The van der Waals surface area contributed by atoms with Crippen molar-refractivity contribution in [2.75, 3.05) is 0 Å². The minimum atomic E-state index is -0.964. The van der Waals surface area contributed by atoms with E-state index in [9.17, 15) is 8.78 Å². The SMILES string of the molecule is CC(C)(N)c1noc(-c2ccc(F)c(F)c2)n1. The van der Waals surface area contributed by atoms with Gasteiger partial charge in [0.15, 0.2) is 17.5 Å². The Morgan fingerprint density at radius 3 is 2.47 bits per heavy atom. The van der Waals surface area contributed by atoms with Gasteiger partial charge in [0.1, 0.15) is 0 Å². The number of rotatable bonds is 2. The Hall–Kier alpha value is -1.82. The molecule has 90 valence electrons. The maximum absolute atomic E-state index is 13.0. The largest absolute Gasteiger partial charge is 0.334 e. The molecule has 0 bridgehead atoms. The Balaban J connectivity index is 2.40. The van der Waals surface area contributed by atoms with Gasteiger partial charge in [0.2, 0.25) is 0 Å². The molecule has 0 radical (unpaired) electrons. The lowest BCUT2D eigenvalue weighted by Gasteiger charge is -2.11. The molecule has 2 aromatic rings. The molecule has 0 spiro atoms. The zero-order valence-electron chi connectivity index (χ0n) is 9.37. The summed E-state index contributed by atoms with van der Waals surface area (Å²) in [5.74, 6) is -1.48. The lowest BCUT2D eigenvalue weighted by molar-refractivity contribution is 0.397. The highest BCUT2D eigenvalue weighted by molar-refractivity contribution is 5.52. The van der Waals surface area contributed by atoms with E-state index in [0.29, 0.717) is 11.4 Å². The Labute approximate surface area is 96.4 Å². The minimum absolute atomic E-state index is 0.109. The first-order chi connectivity index (χ1) is 7.88. The van der Waals surface area contributed by atoms with E-state index in [1.54, 1.807) is 13.8 Å². The van der Waals surface area contributed by atoms with Crippen molar-refractivity contribution in [2.45, 2.75) is 19.4 Å². The standard InChI is InChI=1S/C11H11F2N3O/c1-11(2,14)10-15-9(17-16-10)6-3-4-7(12)8(13)5-6/h3-5H,14H2,1-2H3. The van der Waals surface area contributed by atoms with E-state index in [4.69, 9.17) is 10.3 Å². The van der Waals surface area contributed by atoms with Crippen molar-refractivity contribution < 1.29 is 13.3 Å². The first-order valence-corrected chi connectivity index (χ1v) is 4.96. The summed E-state index contributed by atoms with van der Waals surface area (Å²) in [6.45, 7) is 3.43. The molecule has 1 heterocycles. The molecule has 0 atom stereocenters. The number of nitrogens with two attached hydrogens (primary N) is 1. The van der Waals surface area contributed by atoms with Crippen molar-refractivity contribution in [1.82, 2.24) is 10.1 Å². The van der Waals surface area contributed by atoms with E-state index in [-0.39, 0.29) is 5.89 Å². The summed E-state index contributed by atoms with van der Waals surface area (Å²) in [7, 11) is 0. The van der Waals surface area contributed by atoms with Gasteiger partial charge in [0.25, 0.3) is 5.89 Å². The van der Waals surface area contributed by atoms with Gasteiger partial charge in [0, 0.05) is 5.56 Å². The summed E-state index contributed by atoms with van der Waals surface area (Å²) >= 11 is 0. The first kappa shape index (κ1) is 11.7. The molecule has 4 nitrogen and oxygen atoms in total. The van der Waals surface area contributed by atoms with Crippen molar-refractivity contribution >= 4 is 0 Å². The van der Waals surface area contributed by atoms with Crippen molar-refractivity contribution in [3.63, 3.8) is 0 Å².